The number of halogens is 2. The molecule has 1 fully saturated rings. The summed E-state index contributed by atoms with van der Waals surface area (Å²) in [6.07, 6.45) is 4.54. The molecule has 14 heteroatoms. The quantitative estimate of drug-likeness (QED) is 0.225. The van der Waals surface area contributed by atoms with Crippen LogP contribution in [-0.2, 0) is 11.3 Å². The molecule has 43 heavy (non-hydrogen) atoms. The summed E-state index contributed by atoms with van der Waals surface area (Å²) < 4.78 is 40.4. The van der Waals surface area contributed by atoms with E-state index in [1.807, 2.05) is 6.92 Å². The van der Waals surface area contributed by atoms with Crippen molar-refractivity contribution in [1.82, 2.24) is 29.5 Å². The van der Waals surface area contributed by atoms with Gasteiger partial charge in [0.2, 0.25) is 5.91 Å². The number of rotatable bonds is 12. The van der Waals surface area contributed by atoms with Gasteiger partial charge in [0.1, 0.15) is 25.3 Å². The van der Waals surface area contributed by atoms with E-state index in [1.165, 1.54) is 29.3 Å². The molecular formula is C29H34F2N8O4. The zero-order chi connectivity index (χ0) is 30.3. The molecule has 1 saturated heterocycles. The molecule has 0 saturated carbocycles. The van der Waals surface area contributed by atoms with Gasteiger partial charge >= 0.3 is 0 Å². The lowest BCUT2D eigenvalue weighted by Gasteiger charge is -2.37. The summed E-state index contributed by atoms with van der Waals surface area (Å²) in [6, 6.07) is 7.34. The van der Waals surface area contributed by atoms with Gasteiger partial charge in [-0.1, -0.05) is 6.07 Å². The Kier molecular flexibility index (Phi) is 9.59. The highest BCUT2D eigenvalue weighted by atomic mass is 19.2. The number of aliphatic hydroxyl groups is 1. The molecule has 12 nitrogen and oxygen atoms in total. The smallest absolute Gasteiger partial charge is 0.246 e. The van der Waals surface area contributed by atoms with Crippen molar-refractivity contribution in [3.8, 4) is 11.5 Å². The summed E-state index contributed by atoms with van der Waals surface area (Å²) in [5.74, 6) is -1.14. The third kappa shape index (κ3) is 7.34. The molecule has 3 heterocycles. The Morgan fingerprint density at radius 1 is 1.14 bits per heavy atom. The Labute approximate surface area is 247 Å². The van der Waals surface area contributed by atoms with Crippen LogP contribution in [0.3, 0.4) is 0 Å². The summed E-state index contributed by atoms with van der Waals surface area (Å²) in [7, 11) is 1.57. The summed E-state index contributed by atoms with van der Waals surface area (Å²) in [5.41, 5.74) is 0.952. The Balaban J connectivity index is 1.20. The first-order valence-electron chi connectivity index (χ1n) is 13.9. The van der Waals surface area contributed by atoms with Crippen LogP contribution in [0.15, 0.2) is 49.1 Å². The average molecular weight is 597 g/mol. The van der Waals surface area contributed by atoms with E-state index in [0.717, 1.165) is 38.8 Å². The van der Waals surface area contributed by atoms with Gasteiger partial charge < -0.3 is 25.2 Å². The molecule has 3 N–H and O–H groups in total. The van der Waals surface area contributed by atoms with Crippen LogP contribution in [-0.4, -0.2) is 99.7 Å². The second-order valence-electron chi connectivity index (χ2n) is 10.2. The predicted octanol–water partition coefficient (Wildman–Crippen LogP) is 2.87. The van der Waals surface area contributed by atoms with Gasteiger partial charge in [-0.3, -0.25) is 19.3 Å². The van der Waals surface area contributed by atoms with Crippen molar-refractivity contribution in [3.63, 3.8) is 0 Å². The molecule has 1 aliphatic heterocycles. The molecule has 2 aromatic carbocycles. The highest BCUT2D eigenvalue weighted by Crippen LogP contribution is 2.34. The van der Waals surface area contributed by atoms with Crippen molar-refractivity contribution in [2.24, 2.45) is 0 Å². The molecule has 0 bridgehead atoms. The van der Waals surface area contributed by atoms with Crippen molar-refractivity contribution in [1.29, 1.82) is 0 Å². The van der Waals surface area contributed by atoms with Crippen molar-refractivity contribution in [2.75, 3.05) is 63.7 Å². The maximum atomic E-state index is 13.9. The van der Waals surface area contributed by atoms with Crippen LogP contribution in [0.2, 0.25) is 0 Å². The van der Waals surface area contributed by atoms with Crippen LogP contribution in [0.25, 0.3) is 10.9 Å². The summed E-state index contributed by atoms with van der Waals surface area (Å²) >= 11 is 0. The highest BCUT2D eigenvalue weighted by molar-refractivity contribution is 5.93. The second-order valence-corrected chi connectivity index (χ2v) is 10.2. The molecule has 0 spiro atoms. The van der Waals surface area contributed by atoms with Gasteiger partial charge in [-0.2, -0.15) is 5.10 Å². The number of hydrogen-bond donors (Lipinski definition) is 3. The number of nitrogens with one attached hydrogen (secondary N) is 2. The maximum Gasteiger partial charge on any atom is 0.246 e. The zero-order valence-electron chi connectivity index (χ0n) is 24.0. The number of piperazine rings is 1. The van der Waals surface area contributed by atoms with E-state index in [2.05, 4.69) is 35.5 Å². The van der Waals surface area contributed by atoms with Gasteiger partial charge in [0.25, 0.3) is 0 Å². The number of aliphatic hydroxyl groups excluding tert-OH is 1. The van der Waals surface area contributed by atoms with Gasteiger partial charge in [0.05, 0.1) is 36.8 Å². The molecule has 0 radical (unpaired) electrons. The standard InChI is InChI=1S/C29H34F2N8O4/c1-19(17-40)38-8-6-37(7-9-38)10-11-43-26-13-24-21(12-25(26)42-2)29(33-18-32-24)35-20-14-34-39(15-20)16-27(41)36-23-5-3-4-22(30)28(23)31/h3-5,12-15,18-19,40H,6-11,16-17H2,1-2H3,(H,36,41)(H,32,33,35). The summed E-state index contributed by atoms with van der Waals surface area (Å²) in [5, 5.41) is 19.8. The largest absolute Gasteiger partial charge is 0.493 e. The molecule has 1 amide bonds. The number of amides is 1. The number of carbonyl (C=O) groups excluding carboxylic acids is 1. The normalized spacial score (nSPS) is 14.9. The first-order chi connectivity index (χ1) is 20.8. The monoisotopic (exact) mass is 596 g/mol. The lowest BCUT2D eigenvalue weighted by molar-refractivity contribution is -0.116. The fraction of sp³-hybridized carbons (Fsp3) is 0.379. The molecule has 1 atom stereocenters. The minimum Gasteiger partial charge on any atom is -0.493 e. The molecule has 2 aromatic heterocycles. The summed E-state index contributed by atoms with van der Waals surface area (Å²) in [6.45, 7) is 6.87. The number of methoxy groups -OCH3 is 1. The maximum absolute atomic E-state index is 13.9. The fourth-order valence-corrected chi connectivity index (χ4v) is 4.85. The van der Waals surface area contributed by atoms with Crippen LogP contribution in [0.1, 0.15) is 6.92 Å². The highest BCUT2D eigenvalue weighted by Gasteiger charge is 2.21. The second kappa shape index (κ2) is 13.7. The number of aromatic nitrogens is 4. The minimum absolute atomic E-state index is 0.163. The molecule has 4 aromatic rings. The number of fused-ring (bicyclic) bond motifs is 1. The van der Waals surface area contributed by atoms with Crippen LogP contribution < -0.4 is 20.1 Å². The Morgan fingerprint density at radius 2 is 1.95 bits per heavy atom. The van der Waals surface area contributed by atoms with Gasteiger partial charge in [-0.05, 0) is 25.1 Å². The van der Waals surface area contributed by atoms with E-state index in [9.17, 15) is 18.7 Å². The van der Waals surface area contributed by atoms with E-state index >= 15 is 0 Å². The van der Waals surface area contributed by atoms with E-state index in [0.29, 0.717) is 40.5 Å². The van der Waals surface area contributed by atoms with E-state index in [1.54, 1.807) is 25.4 Å². The molecule has 1 unspecified atom stereocenters. The Bertz CT molecular complexity index is 1560. The van der Waals surface area contributed by atoms with Gasteiger partial charge in [0, 0.05) is 56.4 Å². The van der Waals surface area contributed by atoms with Crippen LogP contribution in [0.5, 0.6) is 11.5 Å². The Hall–Kier alpha value is -4.40. The number of anilines is 3. The predicted molar refractivity (Wildman–Crippen MR) is 157 cm³/mol. The van der Waals surface area contributed by atoms with E-state index in [-0.39, 0.29) is 24.9 Å². The lowest BCUT2D eigenvalue weighted by Crippen LogP contribution is -2.51. The Morgan fingerprint density at radius 3 is 2.72 bits per heavy atom. The van der Waals surface area contributed by atoms with Crippen LogP contribution in [0, 0.1) is 11.6 Å². The van der Waals surface area contributed by atoms with Gasteiger partial charge in [0.15, 0.2) is 23.1 Å². The number of carbonyl (C=O) groups is 1. The van der Waals surface area contributed by atoms with Crippen molar-refractivity contribution >= 4 is 34.0 Å². The first kappa shape index (κ1) is 30.1. The topological polar surface area (TPSA) is 130 Å². The molecule has 228 valence electrons. The molecular weight excluding hydrogens is 562 g/mol. The average Bonchev–Trinajstić information content (AvgIpc) is 3.45. The van der Waals surface area contributed by atoms with Crippen LogP contribution in [0.4, 0.5) is 26.0 Å². The number of nitrogens with zero attached hydrogens (tertiary/aromatic N) is 6. The molecule has 5 rings (SSSR count). The number of ether oxygens (including phenoxy) is 2. The van der Waals surface area contributed by atoms with Crippen molar-refractivity contribution in [3.05, 3.63) is 60.7 Å². The lowest BCUT2D eigenvalue weighted by atomic mass is 10.2. The van der Waals surface area contributed by atoms with Gasteiger partial charge in [-0.15, -0.1) is 0 Å². The van der Waals surface area contributed by atoms with Gasteiger partial charge in [-0.25, -0.2) is 18.7 Å². The number of benzene rings is 2. The fourth-order valence-electron chi connectivity index (χ4n) is 4.85. The molecule has 1 aliphatic rings. The zero-order valence-corrected chi connectivity index (χ0v) is 24.0. The van der Waals surface area contributed by atoms with Crippen LogP contribution >= 0.6 is 0 Å². The van der Waals surface area contributed by atoms with E-state index < -0.39 is 17.5 Å². The SMILES string of the molecule is COc1cc2c(Nc3cnn(CC(=O)Nc4cccc(F)c4F)c3)ncnc2cc1OCCN1CCN(C(C)CO)CC1. The third-order valence-electron chi connectivity index (χ3n) is 7.31. The van der Waals surface area contributed by atoms with Crippen molar-refractivity contribution in [2.45, 2.75) is 19.5 Å². The third-order valence-corrected chi connectivity index (χ3v) is 7.31. The van der Waals surface area contributed by atoms with Crippen molar-refractivity contribution < 1.29 is 28.2 Å². The summed E-state index contributed by atoms with van der Waals surface area (Å²) in [4.78, 5) is 25.7. The minimum atomic E-state index is -1.12. The number of hydrogen-bond acceptors (Lipinski definition) is 10. The molecule has 0 aliphatic carbocycles. The van der Waals surface area contributed by atoms with E-state index in [4.69, 9.17) is 9.47 Å². The first-order valence-corrected chi connectivity index (χ1v) is 13.9.